The standard InChI is InChI=1S/C13H21N5.ClH/c1-2-11(17-13(16)18-12(14)15)9-8-10-6-4-3-5-7-10;/h3-7,11H,2,8-9H2,1H3,(H6,14,15,16,17,18);1H. The van der Waals surface area contributed by atoms with Crippen molar-refractivity contribution in [2.75, 3.05) is 0 Å². The van der Waals surface area contributed by atoms with Gasteiger partial charge in [0.1, 0.15) is 0 Å². The summed E-state index contributed by atoms with van der Waals surface area (Å²) in [7, 11) is 0. The van der Waals surface area contributed by atoms with Crippen LogP contribution in [0.1, 0.15) is 25.3 Å². The smallest absolute Gasteiger partial charge is 0.218 e. The zero-order valence-electron chi connectivity index (χ0n) is 11.1. The fourth-order valence-corrected chi connectivity index (χ4v) is 1.69. The fraction of sp³-hybridized carbons (Fsp3) is 0.385. The van der Waals surface area contributed by atoms with Gasteiger partial charge >= 0.3 is 0 Å². The van der Waals surface area contributed by atoms with Crippen LogP contribution in [0.5, 0.6) is 0 Å². The first kappa shape index (κ1) is 17.2. The Labute approximate surface area is 120 Å². The monoisotopic (exact) mass is 283 g/mol. The second-order valence-electron chi connectivity index (χ2n) is 4.11. The van der Waals surface area contributed by atoms with Gasteiger partial charge in [-0.25, -0.2) is 4.99 Å². The minimum absolute atomic E-state index is 0. The Morgan fingerprint density at radius 3 is 2.32 bits per heavy atom. The third-order valence-corrected chi connectivity index (χ3v) is 2.64. The zero-order chi connectivity index (χ0) is 13.4. The average molecular weight is 284 g/mol. The summed E-state index contributed by atoms with van der Waals surface area (Å²) in [6.45, 7) is 2.07. The molecule has 0 aliphatic heterocycles. The van der Waals surface area contributed by atoms with Crippen molar-refractivity contribution in [2.24, 2.45) is 27.2 Å². The number of aliphatic imine (C=N–C) groups is 2. The van der Waals surface area contributed by atoms with Gasteiger partial charge in [-0.2, -0.15) is 4.99 Å². The summed E-state index contributed by atoms with van der Waals surface area (Å²) in [5, 5.41) is 0. The number of halogens is 1. The molecule has 0 radical (unpaired) electrons. The van der Waals surface area contributed by atoms with Gasteiger partial charge in [0, 0.05) is 0 Å². The van der Waals surface area contributed by atoms with Gasteiger partial charge in [-0.1, -0.05) is 37.3 Å². The number of guanidine groups is 2. The van der Waals surface area contributed by atoms with Gasteiger partial charge in [0.05, 0.1) is 6.04 Å². The number of rotatable bonds is 5. The maximum Gasteiger partial charge on any atom is 0.218 e. The van der Waals surface area contributed by atoms with Gasteiger partial charge in [0.15, 0.2) is 5.96 Å². The van der Waals surface area contributed by atoms with E-state index in [9.17, 15) is 0 Å². The highest BCUT2D eigenvalue weighted by atomic mass is 35.5. The van der Waals surface area contributed by atoms with Gasteiger partial charge < -0.3 is 17.2 Å². The van der Waals surface area contributed by atoms with E-state index in [1.54, 1.807) is 0 Å². The molecule has 1 rings (SSSR count). The predicted octanol–water partition coefficient (Wildman–Crippen LogP) is 1.41. The predicted molar refractivity (Wildman–Crippen MR) is 83.5 cm³/mol. The molecule has 0 aliphatic carbocycles. The van der Waals surface area contributed by atoms with Crippen molar-refractivity contribution in [3.05, 3.63) is 35.9 Å². The molecule has 6 heteroatoms. The minimum atomic E-state index is -0.0610. The highest BCUT2D eigenvalue weighted by Gasteiger charge is 2.05. The highest BCUT2D eigenvalue weighted by Crippen LogP contribution is 2.10. The molecule has 0 heterocycles. The molecule has 0 saturated carbocycles. The highest BCUT2D eigenvalue weighted by molar-refractivity contribution is 5.92. The van der Waals surface area contributed by atoms with Crippen molar-refractivity contribution >= 4 is 24.3 Å². The van der Waals surface area contributed by atoms with Gasteiger partial charge in [-0.15, -0.1) is 12.4 Å². The van der Waals surface area contributed by atoms with Crippen molar-refractivity contribution in [1.29, 1.82) is 0 Å². The van der Waals surface area contributed by atoms with Crippen LogP contribution in [0.15, 0.2) is 40.3 Å². The summed E-state index contributed by atoms with van der Waals surface area (Å²) in [4.78, 5) is 8.02. The number of hydrogen-bond donors (Lipinski definition) is 3. The largest absolute Gasteiger partial charge is 0.370 e. The summed E-state index contributed by atoms with van der Waals surface area (Å²) in [6.07, 6.45) is 2.81. The van der Waals surface area contributed by atoms with Crippen LogP contribution in [0, 0.1) is 0 Å². The van der Waals surface area contributed by atoms with Crippen LogP contribution in [0.3, 0.4) is 0 Å². The molecule has 0 bridgehead atoms. The Morgan fingerprint density at radius 1 is 1.16 bits per heavy atom. The molecule has 0 aliphatic rings. The van der Waals surface area contributed by atoms with Crippen LogP contribution < -0.4 is 17.2 Å². The van der Waals surface area contributed by atoms with Gasteiger partial charge in [-0.3, -0.25) is 0 Å². The van der Waals surface area contributed by atoms with Crippen molar-refractivity contribution in [1.82, 2.24) is 0 Å². The summed E-state index contributed by atoms with van der Waals surface area (Å²) in [5.41, 5.74) is 17.4. The lowest BCUT2D eigenvalue weighted by Crippen LogP contribution is -2.27. The molecular weight excluding hydrogens is 262 g/mol. The van der Waals surface area contributed by atoms with Gasteiger partial charge in [-0.05, 0) is 24.8 Å². The second-order valence-corrected chi connectivity index (χ2v) is 4.11. The summed E-state index contributed by atoms with van der Waals surface area (Å²) < 4.78 is 0. The lowest BCUT2D eigenvalue weighted by molar-refractivity contribution is 0.597. The molecule has 0 aromatic heterocycles. The van der Waals surface area contributed by atoms with Crippen molar-refractivity contribution < 1.29 is 0 Å². The van der Waals surface area contributed by atoms with E-state index in [0.29, 0.717) is 0 Å². The average Bonchev–Trinajstić information content (AvgIpc) is 2.34. The molecule has 5 nitrogen and oxygen atoms in total. The molecule has 0 amide bonds. The van der Waals surface area contributed by atoms with E-state index in [4.69, 9.17) is 17.2 Å². The van der Waals surface area contributed by atoms with E-state index in [1.165, 1.54) is 5.56 Å². The van der Waals surface area contributed by atoms with Crippen LogP contribution in [0.4, 0.5) is 0 Å². The van der Waals surface area contributed by atoms with E-state index < -0.39 is 0 Å². The third-order valence-electron chi connectivity index (χ3n) is 2.64. The molecule has 1 aromatic carbocycles. The maximum absolute atomic E-state index is 5.62. The van der Waals surface area contributed by atoms with Crippen molar-refractivity contribution in [3.8, 4) is 0 Å². The van der Waals surface area contributed by atoms with E-state index in [2.05, 4.69) is 29.0 Å². The first-order valence-corrected chi connectivity index (χ1v) is 6.08. The van der Waals surface area contributed by atoms with Crippen LogP contribution in [0.2, 0.25) is 0 Å². The van der Waals surface area contributed by atoms with Crippen molar-refractivity contribution in [3.63, 3.8) is 0 Å². The lowest BCUT2D eigenvalue weighted by Gasteiger charge is -2.10. The normalized spacial score (nSPS) is 12.4. The van der Waals surface area contributed by atoms with E-state index >= 15 is 0 Å². The maximum atomic E-state index is 5.62. The Morgan fingerprint density at radius 2 is 1.79 bits per heavy atom. The Hall–Kier alpha value is -1.75. The van der Waals surface area contributed by atoms with Gasteiger partial charge in [0.2, 0.25) is 5.96 Å². The molecule has 0 spiro atoms. The van der Waals surface area contributed by atoms with Crippen LogP contribution in [-0.2, 0) is 6.42 Å². The molecule has 0 saturated heterocycles. The van der Waals surface area contributed by atoms with E-state index in [-0.39, 0.29) is 30.4 Å². The van der Waals surface area contributed by atoms with Gasteiger partial charge in [0.25, 0.3) is 0 Å². The SMILES string of the molecule is CCC(CCc1ccccc1)N=C(N)N=C(N)N.Cl. The molecule has 6 N–H and O–H groups in total. The number of hydrogen-bond acceptors (Lipinski definition) is 1. The number of benzene rings is 1. The molecule has 0 fully saturated rings. The molecule has 1 aromatic rings. The van der Waals surface area contributed by atoms with Crippen LogP contribution >= 0.6 is 12.4 Å². The van der Waals surface area contributed by atoms with Crippen LogP contribution in [-0.4, -0.2) is 18.0 Å². The Balaban J connectivity index is 0.00000324. The molecule has 106 valence electrons. The topological polar surface area (TPSA) is 103 Å². The molecule has 1 unspecified atom stereocenters. The van der Waals surface area contributed by atoms with E-state index in [1.807, 2.05) is 18.2 Å². The lowest BCUT2D eigenvalue weighted by atomic mass is 10.0. The first-order valence-electron chi connectivity index (χ1n) is 6.08. The summed E-state index contributed by atoms with van der Waals surface area (Å²) >= 11 is 0. The number of nitrogens with two attached hydrogens (primary N) is 3. The Bertz CT molecular complexity index is 412. The minimum Gasteiger partial charge on any atom is -0.370 e. The number of aryl methyl sites for hydroxylation is 1. The zero-order valence-corrected chi connectivity index (χ0v) is 11.9. The van der Waals surface area contributed by atoms with Crippen molar-refractivity contribution in [2.45, 2.75) is 32.2 Å². The summed E-state index contributed by atoms with van der Waals surface area (Å²) in [5.74, 6) is 0.0871. The van der Waals surface area contributed by atoms with E-state index in [0.717, 1.165) is 19.3 Å². The third kappa shape index (κ3) is 7.31. The first-order chi connectivity index (χ1) is 8.61. The van der Waals surface area contributed by atoms with Crippen LogP contribution in [0.25, 0.3) is 0 Å². The fourth-order valence-electron chi connectivity index (χ4n) is 1.69. The second kappa shape index (κ2) is 9.22. The Kier molecular flexibility index (Phi) is 8.37. The molecular formula is C13H22ClN5. The quantitative estimate of drug-likeness (QED) is 0.562. The molecule has 19 heavy (non-hydrogen) atoms. The summed E-state index contributed by atoms with van der Waals surface area (Å²) in [6, 6.07) is 10.4. The number of nitrogens with zero attached hydrogens (tertiary/aromatic N) is 2. The molecule has 1 atom stereocenters.